The molecule has 0 bridgehead atoms. The van der Waals surface area contributed by atoms with Gasteiger partial charge in [0.2, 0.25) is 0 Å². The summed E-state index contributed by atoms with van der Waals surface area (Å²) in [6.07, 6.45) is -0.673. The number of rotatable bonds is 5. The third-order valence-electron chi connectivity index (χ3n) is 6.01. The van der Waals surface area contributed by atoms with Crippen molar-refractivity contribution in [3.63, 3.8) is 0 Å². The quantitative estimate of drug-likeness (QED) is 0.513. The number of ether oxygens (including phenoxy) is 1. The van der Waals surface area contributed by atoms with E-state index in [1.54, 1.807) is 0 Å². The molecule has 1 unspecified atom stereocenters. The zero-order valence-electron chi connectivity index (χ0n) is 18.1. The van der Waals surface area contributed by atoms with Crippen LogP contribution in [-0.4, -0.2) is 68.9 Å². The average molecular weight is 479 g/mol. The summed E-state index contributed by atoms with van der Waals surface area (Å²) in [6.45, 7) is 0.729. The highest BCUT2D eigenvalue weighted by Gasteiger charge is 2.31. The van der Waals surface area contributed by atoms with Gasteiger partial charge in [-0.15, -0.1) is 11.8 Å². The van der Waals surface area contributed by atoms with Gasteiger partial charge in [-0.1, -0.05) is 48.5 Å². The minimum atomic E-state index is -0.940. The van der Waals surface area contributed by atoms with Crippen LogP contribution in [0, 0.1) is 0 Å². The molecule has 2 aromatic carbocycles. The summed E-state index contributed by atoms with van der Waals surface area (Å²) < 4.78 is 5.50. The number of carbonyl (C=O) groups excluding carboxylic acids is 2. The third kappa shape index (κ3) is 4.24. The first-order valence-electron chi connectivity index (χ1n) is 10.8. The lowest BCUT2D eigenvalue weighted by Crippen LogP contribution is -2.44. The molecular formula is C24H22N4O5S. The first kappa shape index (κ1) is 22.0. The van der Waals surface area contributed by atoms with Gasteiger partial charge in [0.1, 0.15) is 17.6 Å². The van der Waals surface area contributed by atoms with Crippen molar-refractivity contribution in [2.75, 3.05) is 30.8 Å². The van der Waals surface area contributed by atoms with Crippen molar-refractivity contribution in [1.29, 1.82) is 0 Å². The zero-order chi connectivity index (χ0) is 23.7. The maximum Gasteiger partial charge on any atom is 0.412 e. The number of nitrogens with zero attached hydrogens (tertiary/aromatic N) is 2. The number of carboxylic acids is 1. The Hall–Kier alpha value is -3.79. The minimum absolute atomic E-state index is 0.0615. The van der Waals surface area contributed by atoms with Gasteiger partial charge >= 0.3 is 12.1 Å². The normalized spacial score (nSPS) is 17.1. The largest absolute Gasteiger partial charge is 0.480 e. The summed E-state index contributed by atoms with van der Waals surface area (Å²) in [4.78, 5) is 37.9. The van der Waals surface area contributed by atoms with E-state index < -0.39 is 17.3 Å². The van der Waals surface area contributed by atoms with E-state index in [4.69, 9.17) is 4.74 Å². The summed E-state index contributed by atoms with van der Waals surface area (Å²) in [5.41, 5.74) is 4.68. The molecule has 3 aromatic rings. The number of carboxylic acid groups (broad SMARTS) is 1. The van der Waals surface area contributed by atoms with Crippen LogP contribution in [0.2, 0.25) is 0 Å². The van der Waals surface area contributed by atoms with Crippen LogP contribution in [0.4, 0.5) is 10.6 Å². The molecule has 1 aliphatic heterocycles. The van der Waals surface area contributed by atoms with E-state index in [-0.39, 0.29) is 36.5 Å². The zero-order valence-corrected chi connectivity index (χ0v) is 18.9. The Labute approximate surface area is 199 Å². The van der Waals surface area contributed by atoms with Gasteiger partial charge in [-0.3, -0.25) is 20.0 Å². The predicted molar refractivity (Wildman–Crippen MR) is 127 cm³/mol. The smallest absolute Gasteiger partial charge is 0.412 e. The molecule has 174 valence electrons. The molecule has 9 nitrogen and oxygen atoms in total. The number of amides is 2. The summed E-state index contributed by atoms with van der Waals surface area (Å²) in [5.74, 6) is -0.665. The molecule has 1 atom stereocenters. The van der Waals surface area contributed by atoms with Crippen LogP contribution in [0.25, 0.3) is 11.1 Å². The molecule has 3 N–H and O–H groups in total. The standard InChI is InChI=1S/C24H22N4O5S/c29-22(28-9-10-34-20(12-28)23(30)31)19-11-21(27-26-19)25-24(32)33-13-18-16-7-3-1-5-14(16)15-6-2-4-8-17(15)18/h1-8,11,18,20H,9-10,12-13H2,(H,30,31)(H2,25,26,27,32). The number of anilines is 1. The van der Waals surface area contributed by atoms with Gasteiger partial charge in [-0.2, -0.15) is 5.10 Å². The Bertz CT molecular complexity index is 1210. The van der Waals surface area contributed by atoms with E-state index in [0.717, 1.165) is 22.3 Å². The van der Waals surface area contributed by atoms with Crippen LogP contribution < -0.4 is 5.32 Å². The van der Waals surface area contributed by atoms with Gasteiger partial charge in [-0.05, 0) is 22.3 Å². The first-order valence-corrected chi connectivity index (χ1v) is 11.9. The fourth-order valence-corrected chi connectivity index (χ4v) is 5.43. The van der Waals surface area contributed by atoms with Gasteiger partial charge in [-0.25, -0.2) is 4.79 Å². The maximum atomic E-state index is 12.7. The molecular weight excluding hydrogens is 456 g/mol. The average Bonchev–Trinajstić information content (AvgIpc) is 3.45. The molecule has 2 heterocycles. The van der Waals surface area contributed by atoms with Crippen LogP contribution in [-0.2, 0) is 9.53 Å². The Morgan fingerprint density at radius 3 is 2.47 bits per heavy atom. The molecule has 1 saturated heterocycles. The molecule has 5 rings (SSSR count). The number of carbonyl (C=O) groups is 3. The number of benzene rings is 2. The SMILES string of the molecule is O=C(Nc1cc(C(=O)N2CCSC(C(=O)O)C2)[nH]n1)OCC1c2ccccc2-c2ccccc21. The summed E-state index contributed by atoms with van der Waals surface area (Å²) >= 11 is 1.32. The Morgan fingerprint density at radius 1 is 1.12 bits per heavy atom. The number of hydrogen-bond acceptors (Lipinski definition) is 6. The van der Waals surface area contributed by atoms with Crippen molar-refractivity contribution < 1.29 is 24.2 Å². The number of nitrogens with one attached hydrogen (secondary N) is 2. The van der Waals surface area contributed by atoms with Crippen molar-refractivity contribution in [1.82, 2.24) is 15.1 Å². The van der Waals surface area contributed by atoms with Crippen LogP contribution in [0.3, 0.4) is 0 Å². The lowest BCUT2D eigenvalue weighted by molar-refractivity contribution is -0.136. The summed E-state index contributed by atoms with van der Waals surface area (Å²) in [7, 11) is 0. The Kier molecular flexibility index (Phi) is 5.97. The van der Waals surface area contributed by atoms with Crippen molar-refractivity contribution in [3.8, 4) is 11.1 Å². The Morgan fingerprint density at radius 2 is 1.79 bits per heavy atom. The number of fused-ring (bicyclic) bond motifs is 3. The second kappa shape index (κ2) is 9.22. The van der Waals surface area contributed by atoms with Gasteiger partial charge in [0.25, 0.3) is 5.91 Å². The van der Waals surface area contributed by atoms with Crippen LogP contribution in [0.5, 0.6) is 0 Å². The highest BCUT2D eigenvalue weighted by molar-refractivity contribution is 8.00. The topological polar surface area (TPSA) is 125 Å². The summed E-state index contributed by atoms with van der Waals surface area (Å²) in [5, 5.41) is 17.7. The van der Waals surface area contributed by atoms with E-state index in [2.05, 4.69) is 27.6 Å². The van der Waals surface area contributed by atoms with Crippen molar-refractivity contribution in [3.05, 3.63) is 71.4 Å². The van der Waals surface area contributed by atoms with Crippen molar-refractivity contribution in [2.24, 2.45) is 0 Å². The van der Waals surface area contributed by atoms with E-state index in [1.165, 1.54) is 22.7 Å². The fourth-order valence-electron chi connectivity index (χ4n) is 4.39. The molecule has 0 saturated carbocycles. The van der Waals surface area contributed by atoms with Gasteiger partial charge in [0.15, 0.2) is 5.82 Å². The van der Waals surface area contributed by atoms with Crippen molar-refractivity contribution in [2.45, 2.75) is 11.2 Å². The molecule has 0 radical (unpaired) electrons. The molecule has 2 amide bonds. The number of aliphatic carboxylic acids is 1. The lowest BCUT2D eigenvalue weighted by atomic mass is 9.98. The fraction of sp³-hybridized carbons (Fsp3) is 0.250. The van der Waals surface area contributed by atoms with Crippen LogP contribution in [0.1, 0.15) is 27.5 Å². The van der Waals surface area contributed by atoms with Crippen LogP contribution in [0.15, 0.2) is 54.6 Å². The maximum absolute atomic E-state index is 12.7. The van der Waals surface area contributed by atoms with Gasteiger partial charge in [0.05, 0.1) is 0 Å². The van der Waals surface area contributed by atoms with Gasteiger partial charge in [0, 0.05) is 30.8 Å². The first-order chi connectivity index (χ1) is 16.5. The predicted octanol–water partition coefficient (Wildman–Crippen LogP) is 3.41. The number of thioether (sulfide) groups is 1. The molecule has 0 spiro atoms. The van der Waals surface area contributed by atoms with E-state index in [0.29, 0.717) is 12.3 Å². The molecule has 2 aliphatic rings. The molecule has 34 heavy (non-hydrogen) atoms. The number of H-pyrrole nitrogens is 1. The minimum Gasteiger partial charge on any atom is -0.480 e. The second-order valence-corrected chi connectivity index (χ2v) is 9.38. The van der Waals surface area contributed by atoms with E-state index in [1.807, 2.05) is 36.4 Å². The second-order valence-electron chi connectivity index (χ2n) is 8.07. The third-order valence-corrected chi connectivity index (χ3v) is 7.18. The molecule has 1 aliphatic carbocycles. The summed E-state index contributed by atoms with van der Waals surface area (Å²) in [6, 6.07) is 17.6. The molecule has 1 fully saturated rings. The lowest BCUT2D eigenvalue weighted by Gasteiger charge is -2.29. The van der Waals surface area contributed by atoms with Crippen LogP contribution >= 0.6 is 11.8 Å². The van der Waals surface area contributed by atoms with E-state index >= 15 is 0 Å². The molecule has 10 heteroatoms. The number of aromatic nitrogens is 2. The van der Waals surface area contributed by atoms with Crippen molar-refractivity contribution >= 4 is 35.5 Å². The molecule has 1 aromatic heterocycles. The number of hydrogen-bond donors (Lipinski definition) is 3. The monoisotopic (exact) mass is 478 g/mol. The van der Waals surface area contributed by atoms with Gasteiger partial charge < -0.3 is 14.7 Å². The van der Waals surface area contributed by atoms with E-state index in [9.17, 15) is 19.5 Å². The highest BCUT2D eigenvalue weighted by atomic mass is 32.2. The Balaban J connectivity index is 1.20. The number of aromatic amines is 1. The highest BCUT2D eigenvalue weighted by Crippen LogP contribution is 2.44.